The summed E-state index contributed by atoms with van der Waals surface area (Å²) in [7, 11) is 0. The molecule has 0 bridgehead atoms. The molecular formula is C10H16O3. The third-order valence-corrected chi connectivity index (χ3v) is 3.64. The van der Waals surface area contributed by atoms with Crippen molar-refractivity contribution in [3.63, 3.8) is 0 Å². The number of ether oxygens (including phenoxy) is 1. The van der Waals surface area contributed by atoms with Crippen molar-refractivity contribution >= 4 is 5.97 Å². The minimum absolute atomic E-state index is 0.0666. The number of hydrogen-bond donors (Lipinski definition) is 1. The van der Waals surface area contributed by atoms with E-state index in [0.29, 0.717) is 5.92 Å². The number of carbonyl (C=O) groups is 1. The van der Waals surface area contributed by atoms with Crippen molar-refractivity contribution in [1.29, 1.82) is 0 Å². The number of hydrogen-bond acceptors (Lipinski definition) is 2. The highest BCUT2D eigenvalue weighted by Crippen LogP contribution is 2.55. The van der Waals surface area contributed by atoms with E-state index in [1.807, 2.05) is 0 Å². The van der Waals surface area contributed by atoms with Crippen LogP contribution in [0.25, 0.3) is 0 Å². The first-order valence-electron chi connectivity index (χ1n) is 4.94. The van der Waals surface area contributed by atoms with E-state index in [4.69, 9.17) is 9.84 Å². The fourth-order valence-corrected chi connectivity index (χ4v) is 2.45. The van der Waals surface area contributed by atoms with Gasteiger partial charge in [-0.05, 0) is 30.6 Å². The summed E-state index contributed by atoms with van der Waals surface area (Å²) in [5, 5.41) is 8.84. The predicted octanol–water partition coefficient (Wildman–Crippen LogP) is 1.52. The van der Waals surface area contributed by atoms with Crippen molar-refractivity contribution in [2.75, 3.05) is 13.2 Å². The molecule has 0 spiro atoms. The molecule has 0 amide bonds. The van der Waals surface area contributed by atoms with Crippen LogP contribution in [-0.2, 0) is 9.53 Å². The van der Waals surface area contributed by atoms with Crippen LogP contribution in [-0.4, -0.2) is 24.3 Å². The Balaban J connectivity index is 1.97. The largest absolute Gasteiger partial charge is 0.481 e. The number of carboxylic acid groups (broad SMARTS) is 1. The van der Waals surface area contributed by atoms with Gasteiger partial charge in [0.15, 0.2) is 0 Å². The molecule has 1 saturated heterocycles. The lowest BCUT2D eigenvalue weighted by Crippen LogP contribution is -2.29. The van der Waals surface area contributed by atoms with Gasteiger partial charge in [0.1, 0.15) is 0 Å². The second-order valence-corrected chi connectivity index (χ2v) is 4.55. The summed E-state index contributed by atoms with van der Waals surface area (Å²) in [6.07, 6.45) is 2.94. The van der Waals surface area contributed by atoms with Crippen LogP contribution in [0.2, 0.25) is 0 Å². The maximum absolute atomic E-state index is 10.7. The van der Waals surface area contributed by atoms with Crippen LogP contribution in [0.3, 0.4) is 0 Å². The quantitative estimate of drug-likeness (QED) is 0.707. The van der Waals surface area contributed by atoms with Crippen LogP contribution in [0.1, 0.15) is 26.2 Å². The molecule has 13 heavy (non-hydrogen) atoms. The van der Waals surface area contributed by atoms with Gasteiger partial charge < -0.3 is 9.84 Å². The second kappa shape index (κ2) is 2.98. The van der Waals surface area contributed by atoms with Crippen molar-refractivity contribution in [2.24, 2.45) is 17.3 Å². The molecule has 2 atom stereocenters. The third-order valence-electron chi connectivity index (χ3n) is 3.64. The van der Waals surface area contributed by atoms with E-state index in [1.165, 1.54) is 0 Å². The highest BCUT2D eigenvalue weighted by atomic mass is 16.5. The van der Waals surface area contributed by atoms with Crippen LogP contribution in [0, 0.1) is 17.3 Å². The summed E-state index contributed by atoms with van der Waals surface area (Å²) in [4.78, 5) is 10.7. The van der Waals surface area contributed by atoms with Crippen molar-refractivity contribution < 1.29 is 14.6 Å². The van der Waals surface area contributed by atoms with E-state index < -0.39 is 5.97 Å². The summed E-state index contributed by atoms with van der Waals surface area (Å²) in [5.41, 5.74) is 0.237. The molecule has 3 nitrogen and oxygen atoms in total. The van der Waals surface area contributed by atoms with Crippen molar-refractivity contribution in [3.8, 4) is 0 Å². The Morgan fingerprint density at radius 2 is 2.08 bits per heavy atom. The van der Waals surface area contributed by atoms with E-state index in [-0.39, 0.29) is 11.3 Å². The topological polar surface area (TPSA) is 46.5 Å². The zero-order chi connectivity index (χ0) is 9.47. The van der Waals surface area contributed by atoms with Crippen LogP contribution in [0.5, 0.6) is 0 Å². The van der Waals surface area contributed by atoms with Gasteiger partial charge in [-0.25, -0.2) is 0 Å². The molecule has 0 unspecified atom stereocenters. The smallest absolute Gasteiger partial charge is 0.306 e. The van der Waals surface area contributed by atoms with E-state index in [2.05, 4.69) is 6.92 Å². The fraction of sp³-hybridized carbons (Fsp3) is 0.900. The molecule has 74 valence electrons. The minimum Gasteiger partial charge on any atom is -0.481 e. The number of rotatable bonds is 2. The summed E-state index contributed by atoms with van der Waals surface area (Å²) in [6.45, 7) is 3.82. The van der Waals surface area contributed by atoms with Gasteiger partial charge >= 0.3 is 5.97 Å². The van der Waals surface area contributed by atoms with Crippen molar-refractivity contribution in [1.82, 2.24) is 0 Å². The molecule has 0 radical (unpaired) electrons. The first-order chi connectivity index (χ1) is 6.13. The normalized spacial score (nSPS) is 37.0. The SMILES string of the molecule is CC1([C@@H]2C[C@H]2C(=O)O)CCOCC1. The van der Waals surface area contributed by atoms with Gasteiger partial charge in [-0.2, -0.15) is 0 Å². The Kier molecular flexibility index (Phi) is 2.06. The Morgan fingerprint density at radius 3 is 2.54 bits per heavy atom. The van der Waals surface area contributed by atoms with Gasteiger partial charge in [0.05, 0.1) is 5.92 Å². The predicted molar refractivity (Wildman–Crippen MR) is 47.4 cm³/mol. The lowest BCUT2D eigenvalue weighted by molar-refractivity contribution is -0.139. The van der Waals surface area contributed by atoms with Crippen LogP contribution in [0.15, 0.2) is 0 Å². The fourth-order valence-electron chi connectivity index (χ4n) is 2.45. The summed E-state index contributed by atoms with van der Waals surface area (Å²) >= 11 is 0. The van der Waals surface area contributed by atoms with Crippen LogP contribution < -0.4 is 0 Å². The molecule has 1 N–H and O–H groups in total. The van der Waals surface area contributed by atoms with Crippen molar-refractivity contribution in [2.45, 2.75) is 26.2 Å². The summed E-state index contributed by atoms with van der Waals surface area (Å²) < 4.78 is 5.29. The van der Waals surface area contributed by atoms with Crippen molar-refractivity contribution in [3.05, 3.63) is 0 Å². The molecule has 2 fully saturated rings. The van der Waals surface area contributed by atoms with Crippen LogP contribution in [0.4, 0.5) is 0 Å². The first kappa shape index (κ1) is 9.00. The molecule has 1 aliphatic carbocycles. The van der Waals surface area contributed by atoms with Gasteiger partial charge in [0, 0.05) is 13.2 Å². The van der Waals surface area contributed by atoms with Gasteiger partial charge in [-0.1, -0.05) is 6.92 Å². The van der Waals surface area contributed by atoms with E-state index in [0.717, 1.165) is 32.5 Å². The van der Waals surface area contributed by atoms with E-state index >= 15 is 0 Å². The molecule has 2 rings (SSSR count). The van der Waals surface area contributed by atoms with Gasteiger partial charge in [-0.15, -0.1) is 0 Å². The minimum atomic E-state index is -0.613. The second-order valence-electron chi connectivity index (χ2n) is 4.55. The van der Waals surface area contributed by atoms with Crippen LogP contribution >= 0.6 is 0 Å². The maximum atomic E-state index is 10.7. The Bertz CT molecular complexity index is 218. The molecule has 1 heterocycles. The summed E-state index contributed by atoms with van der Waals surface area (Å²) in [6, 6.07) is 0. The molecule has 0 aromatic carbocycles. The molecule has 0 aromatic rings. The first-order valence-corrected chi connectivity index (χ1v) is 4.94. The molecular weight excluding hydrogens is 168 g/mol. The lowest BCUT2D eigenvalue weighted by Gasteiger charge is -2.33. The average Bonchev–Trinajstić information content (AvgIpc) is 2.84. The monoisotopic (exact) mass is 184 g/mol. The van der Waals surface area contributed by atoms with Gasteiger partial charge in [0.2, 0.25) is 0 Å². The molecule has 2 aliphatic rings. The lowest BCUT2D eigenvalue weighted by atomic mass is 9.77. The zero-order valence-electron chi connectivity index (χ0n) is 7.95. The third kappa shape index (κ3) is 1.57. The van der Waals surface area contributed by atoms with Gasteiger partial charge in [-0.3, -0.25) is 4.79 Å². The average molecular weight is 184 g/mol. The molecule has 1 saturated carbocycles. The van der Waals surface area contributed by atoms with Gasteiger partial charge in [0.25, 0.3) is 0 Å². The standard InChI is InChI=1S/C10H16O3/c1-10(2-4-13-5-3-10)8-6-7(8)9(11)12/h7-8H,2-6H2,1H3,(H,11,12)/t7-,8-/m1/s1. The number of carboxylic acids is 1. The Hall–Kier alpha value is -0.570. The highest BCUT2D eigenvalue weighted by Gasteiger charge is 2.53. The molecule has 3 heteroatoms. The van der Waals surface area contributed by atoms with E-state index in [9.17, 15) is 4.79 Å². The highest BCUT2D eigenvalue weighted by molar-refractivity contribution is 5.73. The zero-order valence-corrected chi connectivity index (χ0v) is 7.95. The molecule has 1 aliphatic heterocycles. The Labute approximate surface area is 78.1 Å². The van der Waals surface area contributed by atoms with E-state index in [1.54, 1.807) is 0 Å². The summed E-state index contributed by atoms with van der Waals surface area (Å²) in [5.74, 6) is -0.269. The maximum Gasteiger partial charge on any atom is 0.306 e. The number of aliphatic carboxylic acids is 1. The molecule has 0 aromatic heterocycles. The Morgan fingerprint density at radius 1 is 1.46 bits per heavy atom.